The molecule has 0 aliphatic heterocycles. The monoisotopic (exact) mass is 278 g/mol. The first kappa shape index (κ1) is 15.7. The van der Waals surface area contributed by atoms with Crippen molar-refractivity contribution in [2.75, 3.05) is 23.7 Å². The summed E-state index contributed by atoms with van der Waals surface area (Å²) in [5.41, 5.74) is 6.95. The summed E-state index contributed by atoms with van der Waals surface area (Å²) in [5, 5.41) is 4.23. The molecule has 0 bridgehead atoms. The molecule has 1 rings (SSSR count). The highest BCUT2D eigenvalue weighted by molar-refractivity contribution is 5.67. The molecular weight excluding hydrogens is 257 g/mol. The van der Waals surface area contributed by atoms with Crippen molar-refractivity contribution < 1.29 is 13.2 Å². The molecule has 0 unspecified atom stereocenters. The molecule has 0 saturated heterocycles. The van der Waals surface area contributed by atoms with Gasteiger partial charge in [-0.2, -0.15) is 18.3 Å². The van der Waals surface area contributed by atoms with Gasteiger partial charge in [-0.15, -0.1) is 0 Å². The fourth-order valence-electron chi connectivity index (χ4n) is 2.10. The van der Waals surface area contributed by atoms with Crippen LogP contribution in [-0.2, 0) is 7.05 Å². The van der Waals surface area contributed by atoms with Crippen LogP contribution >= 0.6 is 0 Å². The quantitative estimate of drug-likeness (QED) is 0.901. The molecule has 0 amide bonds. The highest BCUT2D eigenvalue weighted by Gasteiger charge is 2.33. The van der Waals surface area contributed by atoms with Crippen LogP contribution in [-0.4, -0.2) is 29.0 Å². The molecular formula is C12H21F3N4. The van der Waals surface area contributed by atoms with Gasteiger partial charge >= 0.3 is 6.18 Å². The van der Waals surface area contributed by atoms with E-state index in [1.54, 1.807) is 7.05 Å². The molecule has 4 nitrogen and oxygen atoms in total. The van der Waals surface area contributed by atoms with Gasteiger partial charge in [-0.1, -0.05) is 20.8 Å². The van der Waals surface area contributed by atoms with Gasteiger partial charge in [-0.05, 0) is 12.3 Å². The van der Waals surface area contributed by atoms with Gasteiger partial charge in [0.25, 0.3) is 0 Å². The summed E-state index contributed by atoms with van der Waals surface area (Å²) in [4.78, 5) is 1.24. The number of aromatic nitrogens is 2. The number of alkyl halides is 3. The van der Waals surface area contributed by atoms with E-state index in [1.807, 2.05) is 20.8 Å². The van der Waals surface area contributed by atoms with Crippen LogP contribution in [0, 0.1) is 0 Å². The summed E-state index contributed by atoms with van der Waals surface area (Å²) >= 11 is 0. The molecule has 1 aromatic heterocycles. The molecule has 2 N–H and O–H groups in total. The normalized spacial score (nSPS) is 12.2. The van der Waals surface area contributed by atoms with Crippen LogP contribution in [0.4, 0.5) is 24.7 Å². The average molecular weight is 278 g/mol. The van der Waals surface area contributed by atoms with Crippen molar-refractivity contribution in [3.05, 3.63) is 5.69 Å². The molecule has 110 valence electrons. The topological polar surface area (TPSA) is 47.1 Å². The predicted molar refractivity (Wildman–Crippen MR) is 70.3 cm³/mol. The largest absolute Gasteiger partial charge is 0.405 e. The molecule has 0 aliphatic rings. The van der Waals surface area contributed by atoms with Crippen LogP contribution < -0.4 is 10.6 Å². The van der Waals surface area contributed by atoms with E-state index in [1.165, 1.54) is 9.58 Å². The second-order valence-electron chi connectivity index (χ2n) is 4.94. The van der Waals surface area contributed by atoms with E-state index in [-0.39, 0.29) is 5.92 Å². The van der Waals surface area contributed by atoms with Gasteiger partial charge in [0, 0.05) is 13.6 Å². The lowest BCUT2D eigenvalue weighted by Crippen LogP contribution is -2.36. The minimum absolute atomic E-state index is 0.0781. The molecule has 0 spiro atoms. The molecule has 0 aliphatic carbocycles. The SMILES string of the molecule is CCCN(CC(F)(F)F)c1c(N)c(C(C)C)nn1C. The number of hydrogen-bond acceptors (Lipinski definition) is 3. The Kier molecular flexibility index (Phi) is 4.70. The van der Waals surface area contributed by atoms with Crippen LogP contribution in [0.25, 0.3) is 0 Å². The summed E-state index contributed by atoms with van der Waals surface area (Å²) in [7, 11) is 1.62. The Balaban J connectivity index is 3.15. The molecule has 1 heterocycles. The number of aryl methyl sites for hydroxylation is 1. The third kappa shape index (κ3) is 3.78. The lowest BCUT2D eigenvalue weighted by molar-refractivity contribution is -0.119. The second kappa shape index (κ2) is 5.71. The lowest BCUT2D eigenvalue weighted by atomic mass is 10.1. The van der Waals surface area contributed by atoms with Crippen molar-refractivity contribution in [3.8, 4) is 0 Å². The van der Waals surface area contributed by atoms with Crippen LogP contribution in [0.3, 0.4) is 0 Å². The second-order valence-corrected chi connectivity index (χ2v) is 4.94. The Hall–Kier alpha value is -1.40. The van der Waals surface area contributed by atoms with Gasteiger partial charge in [0.2, 0.25) is 0 Å². The molecule has 0 aromatic carbocycles. The van der Waals surface area contributed by atoms with Gasteiger partial charge in [0.15, 0.2) is 5.82 Å². The van der Waals surface area contributed by atoms with Gasteiger partial charge in [-0.3, -0.25) is 4.68 Å². The number of nitrogen functional groups attached to an aromatic ring is 1. The minimum Gasteiger partial charge on any atom is -0.394 e. The maximum absolute atomic E-state index is 12.6. The van der Waals surface area contributed by atoms with Crippen LogP contribution in [0.1, 0.15) is 38.8 Å². The Morgan fingerprint density at radius 1 is 1.37 bits per heavy atom. The van der Waals surface area contributed by atoms with Crippen molar-refractivity contribution in [2.24, 2.45) is 7.05 Å². The van der Waals surface area contributed by atoms with Crippen molar-refractivity contribution >= 4 is 11.5 Å². The molecule has 19 heavy (non-hydrogen) atoms. The molecule has 0 saturated carbocycles. The number of hydrogen-bond donors (Lipinski definition) is 1. The van der Waals surface area contributed by atoms with Crippen LogP contribution in [0.2, 0.25) is 0 Å². The number of nitrogens with two attached hydrogens (primary N) is 1. The minimum atomic E-state index is -4.26. The maximum Gasteiger partial charge on any atom is 0.405 e. The summed E-state index contributed by atoms with van der Waals surface area (Å²) in [6, 6.07) is 0. The highest BCUT2D eigenvalue weighted by Crippen LogP contribution is 2.32. The number of anilines is 2. The summed E-state index contributed by atoms with van der Waals surface area (Å²) in [6.07, 6.45) is -3.65. The summed E-state index contributed by atoms with van der Waals surface area (Å²) < 4.78 is 39.3. The summed E-state index contributed by atoms with van der Waals surface area (Å²) in [6.45, 7) is 4.94. The van der Waals surface area contributed by atoms with Crippen molar-refractivity contribution in [1.29, 1.82) is 0 Å². The number of rotatable bonds is 5. The van der Waals surface area contributed by atoms with E-state index >= 15 is 0 Å². The zero-order valence-corrected chi connectivity index (χ0v) is 11.8. The Morgan fingerprint density at radius 3 is 2.32 bits per heavy atom. The Labute approximate surface area is 111 Å². The zero-order valence-electron chi connectivity index (χ0n) is 11.8. The predicted octanol–water partition coefficient (Wildman–Crippen LogP) is 2.90. The van der Waals surface area contributed by atoms with Crippen LogP contribution in [0.15, 0.2) is 0 Å². The molecule has 0 fully saturated rings. The zero-order chi connectivity index (χ0) is 14.8. The number of nitrogens with zero attached hydrogens (tertiary/aromatic N) is 3. The Morgan fingerprint density at radius 2 is 1.95 bits per heavy atom. The highest BCUT2D eigenvalue weighted by atomic mass is 19.4. The standard InChI is InChI=1S/C12H21F3N4/c1-5-6-19(7-12(13,14)15)11-9(16)10(8(2)3)17-18(11)4/h8H,5-7,16H2,1-4H3. The fraction of sp³-hybridized carbons (Fsp3) is 0.750. The molecule has 7 heteroatoms. The Bertz CT molecular complexity index is 423. The first-order chi connectivity index (χ1) is 8.67. The van der Waals surface area contributed by atoms with Gasteiger partial charge in [-0.25, -0.2) is 0 Å². The smallest absolute Gasteiger partial charge is 0.394 e. The lowest BCUT2D eigenvalue weighted by Gasteiger charge is -2.25. The molecule has 0 atom stereocenters. The van der Waals surface area contributed by atoms with E-state index in [9.17, 15) is 13.2 Å². The van der Waals surface area contributed by atoms with Gasteiger partial charge < -0.3 is 10.6 Å². The van der Waals surface area contributed by atoms with Crippen molar-refractivity contribution in [1.82, 2.24) is 9.78 Å². The van der Waals surface area contributed by atoms with E-state index in [4.69, 9.17) is 5.73 Å². The van der Waals surface area contributed by atoms with Crippen molar-refractivity contribution in [3.63, 3.8) is 0 Å². The van der Waals surface area contributed by atoms with E-state index in [0.717, 1.165) is 0 Å². The fourth-order valence-corrected chi connectivity index (χ4v) is 2.10. The van der Waals surface area contributed by atoms with Crippen molar-refractivity contribution in [2.45, 2.75) is 39.3 Å². The first-order valence-corrected chi connectivity index (χ1v) is 6.31. The average Bonchev–Trinajstić information content (AvgIpc) is 2.52. The first-order valence-electron chi connectivity index (χ1n) is 6.31. The van der Waals surface area contributed by atoms with E-state index in [2.05, 4.69) is 5.10 Å². The van der Waals surface area contributed by atoms with Gasteiger partial charge in [0.05, 0.1) is 11.4 Å². The maximum atomic E-state index is 12.6. The summed E-state index contributed by atoms with van der Waals surface area (Å²) in [5.74, 6) is 0.428. The third-order valence-corrected chi connectivity index (χ3v) is 2.79. The van der Waals surface area contributed by atoms with E-state index < -0.39 is 12.7 Å². The van der Waals surface area contributed by atoms with Gasteiger partial charge in [0.1, 0.15) is 6.54 Å². The number of halogens is 3. The molecule has 1 aromatic rings. The molecule has 0 radical (unpaired) electrons. The third-order valence-electron chi connectivity index (χ3n) is 2.79. The van der Waals surface area contributed by atoms with Crippen LogP contribution in [0.5, 0.6) is 0 Å². The van der Waals surface area contributed by atoms with E-state index in [0.29, 0.717) is 30.2 Å².